The van der Waals surface area contributed by atoms with Gasteiger partial charge in [0, 0.05) is 36.8 Å². The van der Waals surface area contributed by atoms with E-state index >= 15 is 0 Å². The highest BCUT2D eigenvalue weighted by atomic mass is 32.1. The molecular weight excluding hydrogens is 242 g/mol. The van der Waals surface area contributed by atoms with E-state index in [1.54, 1.807) is 0 Å². The number of rotatable bonds is 5. The number of nitrogens with one attached hydrogen (secondary N) is 1. The van der Waals surface area contributed by atoms with Crippen LogP contribution in [-0.4, -0.2) is 35.6 Å². The Morgan fingerprint density at radius 3 is 2.94 bits per heavy atom. The van der Waals surface area contributed by atoms with Gasteiger partial charge in [0.25, 0.3) is 0 Å². The first kappa shape index (κ1) is 13.5. The Morgan fingerprint density at radius 1 is 1.56 bits per heavy atom. The Kier molecular flexibility index (Phi) is 5.18. The molecule has 1 fully saturated rings. The normalized spacial score (nSPS) is 17.8. The van der Waals surface area contributed by atoms with Gasteiger partial charge in [-0.15, -0.1) is 17.8 Å². The SMILES string of the molecule is C#CCN1CCC(NCc2ncc(CC)s2)CC1. The van der Waals surface area contributed by atoms with E-state index in [2.05, 4.69) is 28.0 Å². The molecule has 1 saturated heterocycles. The van der Waals surface area contributed by atoms with Crippen molar-refractivity contribution in [3.8, 4) is 12.3 Å². The molecule has 1 aliphatic heterocycles. The smallest absolute Gasteiger partial charge is 0.107 e. The second-order valence-corrected chi connectivity index (χ2v) is 5.91. The molecule has 0 spiro atoms. The van der Waals surface area contributed by atoms with Gasteiger partial charge in [-0.25, -0.2) is 4.98 Å². The maximum absolute atomic E-state index is 5.33. The Hall–Kier alpha value is -0.890. The first-order valence-corrected chi connectivity index (χ1v) is 7.46. The number of hydrogen-bond acceptors (Lipinski definition) is 4. The molecule has 0 aromatic carbocycles. The van der Waals surface area contributed by atoms with Gasteiger partial charge in [0.1, 0.15) is 5.01 Å². The quantitative estimate of drug-likeness (QED) is 0.822. The zero-order valence-corrected chi connectivity index (χ0v) is 11.8. The summed E-state index contributed by atoms with van der Waals surface area (Å²) in [6, 6.07) is 0.619. The third kappa shape index (κ3) is 3.81. The molecule has 98 valence electrons. The molecule has 3 nitrogen and oxygen atoms in total. The summed E-state index contributed by atoms with van der Waals surface area (Å²) >= 11 is 1.82. The summed E-state index contributed by atoms with van der Waals surface area (Å²) in [6.45, 7) is 6.09. The minimum atomic E-state index is 0.619. The van der Waals surface area contributed by atoms with Crippen molar-refractivity contribution in [3.05, 3.63) is 16.1 Å². The predicted octanol–water partition coefficient (Wildman–Crippen LogP) is 1.89. The summed E-state index contributed by atoms with van der Waals surface area (Å²) in [5.41, 5.74) is 0. The average molecular weight is 263 g/mol. The van der Waals surface area contributed by atoms with E-state index in [1.807, 2.05) is 17.5 Å². The Bertz CT molecular complexity index is 399. The summed E-state index contributed by atoms with van der Waals surface area (Å²) in [5, 5.41) is 4.81. The fraction of sp³-hybridized carbons (Fsp3) is 0.643. The van der Waals surface area contributed by atoms with Crippen LogP contribution in [0.4, 0.5) is 0 Å². The van der Waals surface area contributed by atoms with Crippen LogP contribution in [0, 0.1) is 12.3 Å². The standard InChI is InChI=1S/C14H21N3S/c1-3-7-17-8-5-12(6-9-17)15-11-14-16-10-13(4-2)18-14/h1,10,12,15H,4-9,11H2,2H3. The predicted molar refractivity (Wildman–Crippen MR) is 76.6 cm³/mol. The molecule has 18 heavy (non-hydrogen) atoms. The summed E-state index contributed by atoms with van der Waals surface area (Å²) < 4.78 is 0. The van der Waals surface area contributed by atoms with E-state index in [9.17, 15) is 0 Å². The molecule has 1 aliphatic rings. The minimum absolute atomic E-state index is 0.619. The molecule has 1 aromatic rings. The van der Waals surface area contributed by atoms with Crippen LogP contribution in [0.25, 0.3) is 0 Å². The molecule has 2 heterocycles. The number of hydrogen-bond donors (Lipinski definition) is 1. The largest absolute Gasteiger partial charge is 0.308 e. The molecule has 0 bridgehead atoms. The van der Waals surface area contributed by atoms with Gasteiger partial charge in [-0.1, -0.05) is 12.8 Å². The van der Waals surface area contributed by atoms with Crippen LogP contribution in [0.15, 0.2) is 6.20 Å². The van der Waals surface area contributed by atoms with Crippen LogP contribution in [0.5, 0.6) is 0 Å². The third-order valence-corrected chi connectivity index (χ3v) is 4.54. The minimum Gasteiger partial charge on any atom is -0.308 e. The Morgan fingerprint density at radius 2 is 2.33 bits per heavy atom. The van der Waals surface area contributed by atoms with Gasteiger partial charge >= 0.3 is 0 Å². The fourth-order valence-electron chi connectivity index (χ4n) is 2.25. The van der Waals surface area contributed by atoms with Crippen LogP contribution in [-0.2, 0) is 13.0 Å². The van der Waals surface area contributed by atoms with Crippen LogP contribution >= 0.6 is 11.3 Å². The number of nitrogens with zero attached hydrogens (tertiary/aromatic N) is 2. The van der Waals surface area contributed by atoms with Crippen molar-refractivity contribution in [3.63, 3.8) is 0 Å². The van der Waals surface area contributed by atoms with Crippen molar-refractivity contribution in [2.45, 2.75) is 38.8 Å². The second-order valence-electron chi connectivity index (χ2n) is 4.71. The van der Waals surface area contributed by atoms with E-state index in [1.165, 1.54) is 22.7 Å². The highest BCUT2D eigenvalue weighted by Crippen LogP contribution is 2.15. The van der Waals surface area contributed by atoms with Gasteiger partial charge in [-0.2, -0.15) is 0 Å². The fourth-order valence-corrected chi connectivity index (χ4v) is 3.06. The zero-order chi connectivity index (χ0) is 12.8. The number of thiazole rings is 1. The lowest BCUT2D eigenvalue weighted by atomic mass is 10.1. The van der Waals surface area contributed by atoms with E-state index in [4.69, 9.17) is 6.42 Å². The van der Waals surface area contributed by atoms with Gasteiger partial charge in [-0.3, -0.25) is 4.90 Å². The van der Waals surface area contributed by atoms with E-state index < -0.39 is 0 Å². The summed E-state index contributed by atoms with van der Waals surface area (Å²) in [4.78, 5) is 8.15. The number of aromatic nitrogens is 1. The topological polar surface area (TPSA) is 28.2 Å². The summed E-state index contributed by atoms with van der Waals surface area (Å²) in [6.07, 6.45) is 10.8. The molecule has 2 rings (SSSR count). The second kappa shape index (κ2) is 6.89. The van der Waals surface area contributed by atoms with Gasteiger partial charge in [0.15, 0.2) is 0 Å². The van der Waals surface area contributed by atoms with Gasteiger partial charge in [0.05, 0.1) is 6.54 Å². The molecule has 0 saturated carbocycles. The van der Waals surface area contributed by atoms with Gasteiger partial charge in [0.2, 0.25) is 0 Å². The highest BCUT2D eigenvalue weighted by molar-refractivity contribution is 7.11. The number of aryl methyl sites for hydroxylation is 1. The molecule has 1 aromatic heterocycles. The van der Waals surface area contributed by atoms with Crippen LogP contribution in [0.2, 0.25) is 0 Å². The molecule has 0 aliphatic carbocycles. The van der Waals surface area contributed by atoms with Crippen LogP contribution in [0.1, 0.15) is 29.7 Å². The molecular formula is C14H21N3S. The van der Waals surface area contributed by atoms with Crippen molar-refractivity contribution < 1.29 is 0 Å². The van der Waals surface area contributed by atoms with E-state index in [0.29, 0.717) is 6.04 Å². The lowest BCUT2D eigenvalue weighted by Crippen LogP contribution is -2.42. The first-order valence-electron chi connectivity index (χ1n) is 6.64. The van der Waals surface area contributed by atoms with Crippen molar-refractivity contribution >= 4 is 11.3 Å². The highest BCUT2D eigenvalue weighted by Gasteiger charge is 2.18. The maximum Gasteiger partial charge on any atom is 0.107 e. The van der Waals surface area contributed by atoms with Crippen LogP contribution < -0.4 is 5.32 Å². The lowest BCUT2D eigenvalue weighted by molar-refractivity contribution is 0.217. The average Bonchev–Trinajstić information content (AvgIpc) is 2.86. The molecule has 0 radical (unpaired) electrons. The molecule has 0 atom stereocenters. The molecule has 0 unspecified atom stereocenters. The van der Waals surface area contributed by atoms with Crippen molar-refractivity contribution in [1.29, 1.82) is 0 Å². The zero-order valence-electron chi connectivity index (χ0n) is 11.0. The Labute approximate surface area is 114 Å². The maximum atomic E-state index is 5.33. The van der Waals surface area contributed by atoms with Gasteiger partial charge < -0.3 is 5.32 Å². The summed E-state index contributed by atoms with van der Waals surface area (Å²) in [5.74, 6) is 2.72. The van der Waals surface area contributed by atoms with Gasteiger partial charge in [-0.05, 0) is 19.3 Å². The van der Waals surface area contributed by atoms with E-state index in [-0.39, 0.29) is 0 Å². The molecule has 0 amide bonds. The lowest BCUT2D eigenvalue weighted by Gasteiger charge is -2.30. The third-order valence-electron chi connectivity index (χ3n) is 3.39. The van der Waals surface area contributed by atoms with Crippen LogP contribution in [0.3, 0.4) is 0 Å². The first-order chi connectivity index (χ1) is 8.81. The van der Waals surface area contributed by atoms with Crippen molar-refractivity contribution in [1.82, 2.24) is 15.2 Å². The monoisotopic (exact) mass is 263 g/mol. The van der Waals surface area contributed by atoms with Crippen molar-refractivity contribution in [2.75, 3.05) is 19.6 Å². The Balaban J connectivity index is 1.70. The van der Waals surface area contributed by atoms with E-state index in [0.717, 1.165) is 32.6 Å². The number of terminal acetylenes is 1. The number of likely N-dealkylation sites (tertiary alicyclic amines) is 1. The summed E-state index contributed by atoms with van der Waals surface area (Å²) in [7, 11) is 0. The number of piperidine rings is 1. The molecule has 1 N–H and O–H groups in total. The van der Waals surface area contributed by atoms with Crippen molar-refractivity contribution in [2.24, 2.45) is 0 Å². The molecule has 4 heteroatoms.